The van der Waals surface area contributed by atoms with E-state index in [1.807, 2.05) is 0 Å². The molecule has 0 aromatic heterocycles. The fourth-order valence-electron chi connectivity index (χ4n) is 2.90. The van der Waals surface area contributed by atoms with E-state index in [1.54, 1.807) is 0 Å². The molecule has 0 heterocycles. The maximum Gasteiger partial charge on any atom is 0.326 e. The summed E-state index contributed by atoms with van der Waals surface area (Å²) in [4.78, 5) is 34.0. The Bertz CT molecular complexity index is 402. The molecule has 0 radical (unpaired) electrons. The van der Waals surface area contributed by atoms with Crippen LogP contribution in [0.2, 0.25) is 0 Å². The molecule has 1 rings (SSSR count). The minimum absolute atomic E-state index is 0.161. The number of carboxylic acids is 1. The molecule has 1 aliphatic rings. The van der Waals surface area contributed by atoms with Crippen LogP contribution < -0.4 is 5.73 Å². The summed E-state index contributed by atoms with van der Waals surface area (Å²) in [5, 5.41) is 9.09. The van der Waals surface area contributed by atoms with Crippen molar-refractivity contribution < 1.29 is 29.0 Å². The molecule has 0 spiro atoms. The van der Waals surface area contributed by atoms with Gasteiger partial charge >= 0.3 is 17.9 Å². The number of carbonyl (C=O) groups excluding carboxylic acids is 2. The second-order valence-electron chi connectivity index (χ2n) is 5.59. The summed E-state index contributed by atoms with van der Waals surface area (Å²) in [7, 11) is 0. The van der Waals surface area contributed by atoms with E-state index in [9.17, 15) is 14.4 Å². The van der Waals surface area contributed by atoms with Crippen LogP contribution in [0.5, 0.6) is 0 Å². The van der Waals surface area contributed by atoms with Gasteiger partial charge in [0.2, 0.25) is 6.29 Å². The van der Waals surface area contributed by atoms with Crippen molar-refractivity contribution in [3.63, 3.8) is 0 Å². The molecular weight excluding hydrogens is 278 g/mol. The van der Waals surface area contributed by atoms with Crippen molar-refractivity contribution in [1.82, 2.24) is 0 Å². The SMILES string of the molecule is CC(=O)OC(C)OC(=O)C(N)C1(CC(=O)O)CCCCC1. The molecule has 21 heavy (non-hydrogen) atoms. The highest BCUT2D eigenvalue weighted by Gasteiger charge is 2.44. The number of esters is 2. The van der Waals surface area contributed by atoms with Gasteiger partial charge < -0.3 is 20.3 Å². The fourth-order valence-corrected chi connectivity index (χ4v) is 2.90. The zero-order valence-corrected chi connectivity index (χ0v) is 12.5. The van der Waals surface area contributed by atoms with Crippen LogP contribution in [0.4, 0.5) is 0 Å². The second-order valence-corrected chi connectivity index (χ2v) is 5.59. The maximum absolute atomic E-state index is 12.1. The van der Waals surface area contributed by atoms with Crippen molar-refractivity contribution in [1.29, 1.82) is 0 Å². The number of aliphatic carboxylic acids is 1. The first kappa shape index (κ1) is 17.4. The van der Waals surface area contributed by atoms with E-state index in [4.69, 9.17) is 20.3 Å². The minimum atomic E-state index is -1.04. The van der Waals surface area contributed by atoms with Gasteiger partial charge in [-0.05, 0) is 12.8 Å². The lowest BCUT2D eigenvalue weighted by Crippen LogP contribution is -2.51. The number of nitrogens with two attached hydrogens (primary N) is 1. The fraction of sp³-hybridized carbons (Fsp3) is 0.786. The van der Waals surface area contributed by atoms with Crippen LogP contribution in [0.25, 0.3) is 0 Å². The molecule has 7 nitrogen and oxygen atoms in total. The smallest absolute Gasteiger partial charge is 0.326 e. The van der Waals surface area contributed by atoms with Crippen LogP contribution in [0.15, 0.2) is 0 Å². The Morgan fingerprint density at radius 1 is 1.19 bits per heavy atom. The van der Waals surface area contributed by atoms with Crippen LogP contribution in [0, 0.1) is 5.41 Å². The van der Waals surface area contributed by atoms with Crippen LogP contribution in [-0.4, -0.2) is 35.3 Å². The van der Waals surface area contributed by atoms with Gasteiger partial charge in [-0.2, -0.15) is 0 Å². The average Bonchev–Trinajstić information content (AvgIpc) is 2.36. The van der Waals surface area contributed by atoms with Crippen LogP contribution >= 0.6 is 0 Å². The molecule has 0 aromatic rings. The molecule has 120 valence electrons. The number of hydrogen-bond donors (Lipinski definition) is 2. The Morgan fingerprint density at radius 3 is 2.24 bits per heavy atom. The molecule has 1 saturated carbocycles. The summed E-state index contributed by atoms with van der Waals surface area (Å²) in [6.45, 7) is 2.62. The summed E-state index contributed by atoms with van der Waals surface area (Å²) in [5.74, 6) is -2.28. The lowest BCUT2D eigenvalue weighted by molar-refractivity contribution is -0.186. The first-order chi connectivity index (χ1) is 9.77. The average molecular weight is 301 g/mol. The molecule has 0 amide bonds. The van der Waals surface area contributed by atoms with Gasteiger partial charge in [-0.25, -0.2) is 0 Å². The Labute approximate surface area is 123 Å². The van der Waals surface area contributed by atoms with Crippen LogP contribution in [0.1, 0.15) is 52.4 Å². The molecule has 2 unspecified atom stereocenters. The van der Waals surface area contributed by atoms with E-state index in [0.717, 1.165) is 19.3 Å². The predicted molar refractivity (Wildman–Crippen MR) is 73.1 cm³/mol. The molecule has 0 saturated heterocycles. The highest BCUT2D eigenvalue weighted by atomic mass is 16.7. The largest absolute Gasteiger partial charge is 0.481 e. The van der Waals surface area contributed by atoms with Crippen molar-refractivity contribution in [3.05, 3.63) is 0 Å². The van der Waals surface area contributed by atoms with Crippen LogP contribution in [-0.2, 0) is 23.9 Å². The molecule has 7 heteroatoms. The Balaban J connectivity index is 2.75. The van der Waals surface area contributed by atoms with Crippen molar-refractivity contribution in [2.45, 2.75) is 64.7 Å². The molecule has 0 bridgehead atoms. The molecule has 3 N–H and O–H groups in total. The Kier molecular flexibility index (Phi) is 6.14. The van der Waals surface area contributed by atoms with E-state index in [-0.39, 0.29) is 6.42 Å². The Morgan fingerprint density at radius 2 is 1.76 bits per heavy atom. The number of carbonyl (C=O) groups is 3. The van der Waals surface area contributed by atoms with Gasteiger partial charge in [-0.1, -0.05) is 19.3 Å². The first-order valence-electron chi connectivity index (χ1n) is 7.12. The van der Waals surface area contributed by atoms with Gasteiger partial charge in [-0.3, -0.25) is 14.4 Å². The van der Waals surface area contributed by atoms with E-state index >= 15 is 0 Å². The third kappa shape index (κ3) is 5.00. The van der Waals surface area contributed by atoms with E-state index in [2.05, 4.69) is 0 Å². The number of carboxylic acid groups (broad SMARTS) is 1. The maximum atomic E-state index is 12.1. The highest BCUT2D eigenvalue weighted by Crippen LogP contribution is 2.42. The highest BCUT2D eigenvalue weighted by molar-refractivity contribution is 5.78. The normalized spacial score (nSPS) is 20.1. The van der Waals surface area contributed by atoms with Gasteiger partial charge in [0.05, 0.1) is 6.42 Å². The zero-order valence-electron chi connectivity index (χ0n) is 12.5. The minimum Gasteiger partial charge on any atom is -0.481 e. The van der Waals surface area contributed by atoms with Crippen molar-refractivity contribution in [2.24, 2.45) is 11.1 Å². The van der Waals surface area contributed by atoms with E-state index in [1.165, 1.54) is 13.8 Å². The van der Waals surface area contributed by atoms with Crippen molar-refractivity contribution >= 4 is 17.9 Å². The lowest BCUT2D eigenvalue weighted by Gasteiger charge is -2.39. The van der Waals surface area contributed by atoms with Gasteiger partial charge in [0.1, 0.15) is 6.04 Å². The second kappa shape index (κ2) is 7.40. The topological polar surface area (TPSA) is 116 Å². The standard InChI is InChI=1S/C14H23NO6/c1-9(16)20-10(2)21-13(19)12(15)14(8-11(17)18)6-4-3-5-7-14/h10,12H,3-8,15H2,1-2H3,(H,17,18). The molecular formula is C14H23NO6. The van der Waals surface area contributed by atoms with Crippen LogP contribution in [0.3, 0.4) is 0 Å². The third-order valence-corrected chi connectivity index (χ3v) is 3.88. The monoisotopic (exact) mass is 301 g/mol. The third-order valence-electron chi connectivity index (χ3n) is 3.88. The molecule has 0 aromatic carbocycles. The van der Waals surface area contributed by atoms with Gasteiger partial charge in [0.15, 0.2) is 0 Å². The summed E-state index contributed by atoms with van der Waals surface area (Å²) in [6.07, 6.45) is 2.65. The van der Waals surface area contributed by atoms with Crippen molar-refractivity contribution in [3.8, 4) is 0 Å². The van der Waals surface area contributed by atoms with Crippen molar-refractivity contribution in [2.75, 3.05) is 0 Å². The number of rotatable bonds is 6. The summed E-state index contributed by atoms with van der Waals surface area (Å²) in [5.41, 5.74) is 5.20. The quantitative estimate of drug-likeness (QED) is 0.559. The number of ether oxygens (including phenoxy) is 2. The van der Waals surface area contributed by atoms with E-state index < -0.39 is 35.7 Å². The summed E-state index contributed by atoms with van der Waals surface area (Å²) in [6, 6.07) is -1.04. The van der Waals surface area contributed by atoms with Gasteiger partial charge in [-0.15, -0.1) is 0 Å². The lowest BCUT2D eigenvalue weighted by atomic mass is 9.67. The summed E-state index contributed by atoms with van der Waals surface area (Å²) >= 11 is 0. The zero-order chi connectivity index (χ0) is 16.0. The molecule has 1 aliphatic carbocycles. The first-order valence-corrected chi connectivity index (χ1v) is 7.12. The predicted octanol–water partition coefficient (Wildman–Crippen LogP) is 1.19. The van der Waals surface area contributed by atoms with Gasteiger partial charge in [0, 0.05) is 19.3 Å². The molecule has 1 fully saturated rings. The van der Waals surface area contributed by atoms with E-state index in [0.29, 0.717) is 12.8 Å². The number of hydrogen-bond acceptors (Lipinski definition) is 6. The van der Waals surface area contributed by atoms with Gasteiger partial charge in [0.25, 0.3) is 0 Å². The Hall–Kier alpha value is -1.63. The molecule has 2 atom stereocenters. The molecule has 0 aliphatic heterocycles. The summed E-state index contributed by atoms with van der Waals surface area (Å²) < 4.78 is 9.70.